The van der Waals surface area contributed by atoms with Crippen LogP contribution < -0.4 is 19.6 Å². The van der Waals surface area contributed by atoms with E-state index in [0.29, 0.717) is 35.1 Å². The van der Waals surface area contributed by atoms with E-state index in [2.05, 4.69) is 10.5 Å². The van der Waals surface area contributed by atoms with Crippen molar-refractivity contribution in [3.63, 3.8) is 0 Å². The molecule has 0 aliphatic rings. The topological polar surface area (TPSA) is 69.2 Å². The van der Waals surface area contributed by atoms with E-state index in [9.17, 15) is 4.79 Å². The van der Waals surface area contributed by atoms with Crippen LogP contribution in [0.15, 0.2) is 47.6 Å². The van der Waals surface area contributed by atoms with Gasteiger partial charge < -0.3 is 14.2 Å². The molecule has 0 aromatic heterocycles. The van der Waals surface area contributed by atoms with Crippen LogP contribution in [0, 0.1) is 0 Å². The summed E-state index contributed by atoms with van der Waals surface area (Å²) in [6, 6.07) is 12.4. The van der Waals surface area contributed by atoms with Crippen LogP contribution in [-0.2, 0) is 0 Å². The van der Waals surface area contributed by atoms with Crippen molar-refractivity contribution in [2.24, 2.45) is 5.10 Å². The lowest BCUT2D eigenvalue weighted by Gasteiger charge is -2.11. The van der Waals surface area contributed by atoms with E-state index in [1.54, 1.807) is 45.4 Å². The third-order valence-corrected chi connectivity index (χ3v) is 3.56. The SMILES string of the molecule is CCOc1ccccc1C(=O)NN=C(C)c1ccc(OC)cc1OC. The van der Waals surface area contributed by atoms with Crippen LogP contribution in [-0.4, -0.2) is 32.4 Å². The molecule has 0 aliphatic carbocycles. The number of hydrogen-bond donors (Lipinski definition) is 1. The van der Waals surface area contributed by atoms with Crippen molar-refractivity contribution in [1.29, 1.82) is 0 Å². The molecular weight excluding hydrogens is 320 g/mol. The van der Waals surface area contributed by atoms with Gasteiger partial charge in [-0.1, -0.05) is 12.1 Å². The number of rotatable bonds is 7. The Morgan fingerprint density at radius 1 is 1.04 bits per heavy atom. The number of benzene rings is 2. The molecule has 6 nitrogen and oxygen atoms in total. The predicted molar refractivity (Wildman–Crippen MR) is 96.8 cm³/mol. The van der Waals surface area contributed by atoms with Crippen molar-refractivity contribution in [3.05, 3.63) is 53.6 Å². The zero-order valence-electron chi connectivity index (χ0n) is 14.8. The Labute approximate surface area is 147 Å². The molecule has 0 saturated carbocycles. The Hall–Kier alpha value is -3.02. The Bertz CT molecular complexity index is 772. The van der Waals surface area contributed by atoms with Crippen molar-refractivity contribution in [2.45, 2.75) is 13.8 Å². The molecule has 0 aliphatic heterocycles. The van der Waals surface area contributed by atoms with Gasteiger partial charge in [-0.05, 0) is 38.1 Å². The average molecular weight is 342 g/mol. The number of hydrogen-bond acceptors (Lipinski definition) is 5. The number of carbonyl (C=O) groups excluding carboxylic acids is 1. The Morgan fingerprint density at radius 3 is 2.48 bits per heavy atom. The molecule has 0 spiro atoms. The first-order valence-corrected chi connectivity index (χ1v) is 7.89. The first-order valence-electron chi connectivity index (χ1n) is 7.89. The molecule has 2 aromatic rings. The number of hydrazone groups is 1. The Morgan fingerprint density at radius 2 is 1.80 bits per heavy atom. The smallest absolute Gasteiger partial charge is 0.275 e. The second-order valence-corrected chi connectivity index (χ2v) is 5.13. The predicted octanol–water partition coefficient (Wildman–Crippen LogP) is 3.26. The summed E-state index contributed by atoms with van der Waals surface area (Å²) >= 11 is 0. The van der Waals surface area contributed by atoms with Gasteiger partial charge in [0, 0.05) is 11.6 Å². The van der Waals surface area contributed by atoms with Crippen LogP contribution >= 0.6 is 0 Å². The molecule has 6 heteroatoms. The van der Waals surface area contributed by atoms with Crippen molar-refractivity contribution < 1.29 is 19.0 Å². The number of amides is 1. The fraction of sp³-hybridized carbons (Fsp3) is 0.263. The standard InChI is InChI=1S/C19H22N2O4/c1-5-25-17-9-7-6-8-16(17)19(22)21-20-13(2)15-11-10-14(23-3)12-18(15)24-4/h6-12H,5H2,1-4H3,(H,21,22). The summed E-state index contributed by atoms with van der Waals surface area (Å²) in [5.41, 5.74) is 4.37. The fourth-order valence-corrected chi connectivity index (χ4v) is 2.29. The van der Waals surface area contributed by atoms with E-state index >= 15 is 0 Å². The lowest BCUT2D eigenvalue weighted by molar-refractivity contribution is 0.0951. The summed E-state index contributed by atoms with van der Waals surface area (Å²) in [7, 11) is 3.16. The second kappa shape index (κ2) is 8.73. The van der Waals surface area contributed by atoms with E-state index < -0.39 is 0 Å². The first kappa shape index (κ1) is 18.3. The van der Waals surface area contributed by atoms with E-state index in [1.165, 1.54) is 0 Å². The number of carbonyl (C=O) groups is 1. The van der Waals surface area contributed by atoms with Crippen LogP contribution in [0.3, 0.4) is 0 Å². The molecule has 1 amide bonds. The zero-order valence-corrected chi connectivity index (χ0v) is 14.8. The highest BCUT2D eigenvalue weighted by Crippen LogP contribution is 2.25. The normalized spacial score (nSPS) is 11.0. The van der Waals surface area contributed by atoms with E-state index in [4.69, 9.17) is 14.2 Å². The minimum Gasteiger partial charge on any atom is -0.497 e. The lowest BCUT2D eigenvalue weighted by Crippen LogP contribution is -2.20. The number of ether oxygens (including phenoxy) is 3. The molecule has 2 aromatic carbocycles. The molecule has 0 radical (unpaired) electrons. The van der Waals surface area contributed by atoms with Crippen LogP contribution in [0.1, 0.15) is 29.8 Å². The minimum absolute atomic E-state index is 0.337. The molecule has 0 unspecified atom stereocenters. The number of methoxy groups -OCH3 is 2. The summed E-state index contributed by atoms with van der Waals surface area (Å²) in [6.45, 7) is 4.14. The van der Waals surface area contributed by atoms with Crippen LogP contribution in [0.2, 0.25) is 0 Å². The van der Waals surface area contributed by atoms with Gasteiger partial charge >= 0.3 is 0 Å². The quantitative estimate of drug-likeness (QED) is 0.619. The lowest BCUT2D eigenvalue weighted by atomic mass is 10.1. The molecular formula is C19H22N2O4. The Balaban J connectivity index is 2.20. The fourth-order valence-electron chi connectivity index (χ4n) is 2.29. The maximum absolute atomic E-state index is 12.4. The molecule has 0 bridgehead atoms. The third kappa shape index (κ3) is 4.50. The highest BCUT2D eigenvalue weighted by atomic mass is 16.5. The van der Waals surface area contributed by atoms with Crippen LogP contribution in [0.4, 0.5) is 0 Å². The molecule has 0 fully saturated rings. The van der Waals surface area contributed by atoms with Gasteiger partial charge in [0.15, 0.2) is 0 Å². The zero-order chi connectivity index (χ0) is 18.2. The van der Waals surface area contributed by atoms with E-state index in [-0.39, 0.29) is 5.91 Å². The van der Waals surface area contributed by atoms with E-state index in [0.717, 1.165) is 5.56 Å². The summed E-state index contributed by atoms with van der Waals surface area (Å²) in [5.74, 6) is 1.49. The summed E-state index contributed by atoms with van der Waals surface area (Å²) in [5, 5.41) is 4.18. The van der Waals surface area contributed by atoms with Gasteiger partial charge in [-0.15, -0.1) is 0 Å². The Kier molecular flexibility index (Phi) is 6.39. The molecule has 0 saturated heterocycles. The highest BCUT2D eigenvalue weighted by Gasteiger charge is 2.12. The van der Waals surface area contributed by atoms with Crippen molar-refractivity contribution in [2.75, 3.05) is 20.8 Å². The van der Waals surface area contributed by atoms with Crippen LogP contribution in [0.25, 0.3) is 0 Å². The number of para-hydroxylation sites is 1. The van der Waals surface area contributed by atoms with Crippen molar-refractivity contribution in [1.82, 2.24) is 5.43 Å². The van der Waals surface area contributed by atoms with Crippen molar-refractivity contribution >= 4 is 11.6 Å². The molecule has 25 heavy (non-hydrogen) atoms. The molecule has 0 atom stereocenters. The molecule has 0 heterocycles. The van der Waals surface area contributed by atoms with Gasteiger partial charge in [0.25, 0.3) is 5.91 Å². The highest BCUT2D eigenvalue weighted by molar-refractivity contribution is 6.03. The number of nitrogens with zero attached hydrogens (tertiary/aromatic N) is 1. The monoisotopic (exact) mass is 342 g/mol. The third-order valence-electron chi connectivity index (χ3n) is 3.56. The summed E-state index contributed by atoms with van der Waals surface area (Å²) < 4.78 is 16.0. The first-order chi connectivity index (χ1) is 12.1. The largest absolute Gasteiger partial charge is 0.497 e. The number of nitrogens with one attached hydrogen (secondary N) is 1. The van der Waals surface area contributed by atoms with Gasteiger partial charge in [-0.25, -0.2) is 5.43 Å². The van der Waals surface area contributed by atoms with Gasteiger partial charge in [0.1, 0.15) is 17.2 Å². The van der Waals surface area contributed by atoms with Gasteiger partial charge in [-0.2, -0.15) is 5.10 Å². The maximum Gasteiger partial charge on any atom is 0.275 e. The van der Waals surface area contributed by atoms with Gasteiger partial charge in [-0.3, -0.25) is 4.79 Å². The molecule has 1 N–H and O–H groups in total. The van der Waals surface area contributed by atoms with E-state index in [1.807, 2.05) is 25.1 Å². The maximum atomic E-state index is 12.4. The summed E-state index contributed by atoms with van der Waals surface area (Å²) in [6.07, 6.45) is 0. The van der Waals surface area contributed by atoms with Gasteiger partial charge in [0.05, 0.1) is 32.1 Å². The van der Waals surface area contributed by atoms with Crippen molar-refractivity contribution in [3.8, 4) is 17.2 Å². The second-order valence-electron chi connectivity index (χ2n) is 5.13. The minimum atomic E-state index is -0.337. The summed E-state index contributed by atoms with van der Waals surface area (Å²) in [4.78, 5) is 12.4. The molecule has 2 rings (SSSR count). The molecule has 132 valence electrons. The van der Waals surface area contributed by atoms with Crippen LogP contribution in [0.5, 0.6) is 17.2 Å². The van der Waals surface area contributed by atoms with Gasteiger partial charge in [0.2, 0.25) is 0 Å². The average Bonchev–Trinajstić information content (AvgIpc) is 2.65.